The van der Waals surface area contributed by atoms with E-state index in [1.54, 1.807) is 0 Å². The number of ether oxygens (including phenoxy) is 1. The molecule has 0 saturated carbocycles. The quantitative estimate of drug-likeness (QED) is 0.508. The van der Waals surface area contributed by atoms with Crippen molar-refractivity contribution in [2.45, 2.75) is 12.3 Å². The van der Waals surface area contributed by atoms with Gasteiger partial charge < -0.3 is 4.74 Å². The van der Waals surface area contributed by atoms with Crippen LogP contribution in [0.4, 0.5) is 17.6 Å². The van der Waals surface area contributed by atoms with E-state index in [4.69, 9.17) is 4.74 Å². The Morgan fingerprint density at radius 1 is 1.29 bits per heavy atom. The minimum atomic E-state index is -4.64. The molecule has 0 radical (unpaired) electrons. The number of alkyl halides is 3. The SMILES string of the molecule is Fc1ccc(C2CO2)cc1C(F)(F)F. The zero-order chi connectivity index (χ0) is 10.3. The van der Waals surface area contributed by atoms with Gasteiger partial charge in [0.1, 0.15) is 11.9 Å². The second-order valence-electron chi connectivity index (χ2n) is 3.06. The average Bonchev–Trinajstić information content (AvgIpc) is 2.85. The van der Waals surface area contributed by atoms with Gasteiger partial charge in [0.2, 0.25) is 0 Å². The van der Waals surface area contributed by atoms with Crippen molar-refractivity contribution in [2.75, 3.05) is 6.61 Å². The first kappa shape index (κ1) is 9.45. The first-order chi connectivity index (χ1) is 6.48. The molecular formula is C9H6F4O. The van der Waals surface area contributed by atoms with E-state index in [1.165, 1.54) is 6.07 Å². The molecule has 1 saturated heterocycles. The summed E-state index contributed by atoms with van der Waals surface area (Å²) in [5, 5.41) is 0. The summed E-state index contributed by atoms with van der Waals surface area (Å²) in [5.74, 6) is -1.25. The molecule has 0 bridgehead atoms. The lowest BCUT2D eigenvalue weighted by atomic mass is 10.1. The van der Waals surface area contributed by atoms with E-state index in [2.05, 4.69) is 0 Å². The van der Waals surface area contributed by atoms with Crippen molar-refractivity contribution in [1.29, 1.82) is 0 Å². The Labute approximate surface area is 77.3 Å². The molecule has 1 heterocycles. The second-order valence-corrected chi connectivity index (χ2v) is 3.06. The molecular weight excluding hydrogens is 200 g/mol. The van der Waals surface area contributed by atoms with Gasteiger partial charge in [-0.2, -0.15) is 13.2 Å². The zero-order valence-corrected chi connectivity index (χ0v) is 6.94. The predicted molar refractivity (Wildman–Crippen MR) is 40.1 cm³/mol. The Morgan fingerprint density at radius 3 is 2.43 bits per heavy atom. The van der Waals surface area contributed by atoms with Crippen LogP contribution in [-0.4, -0.2) is 6.61 Å². The molecule has 1 unspecified atom stereocenters. The van der Waals surface area contributed by atoms with E-state index in [1.807, 2.05) is 0 Å². The van der Waals surface area contributed by atoms with Crippen LogP contribution in [0.25, 0.3) is 0 Å². The summed E-state index contributed by atoms with van der Waals surface area (Å²) in [5.41, 5.74) is -0.857. The highest BCUT2D eigenvalue weighted by atomic mass is 19.4. The molecule has 1 atom stereocenters. The van der Waals surface area contributed by atoms with E-state index < -0.39 is 17.6 Å². The maximum atomic E-state index is 12.8. The smallest absolute Gasteiger partial charge is 0.368 e. The molecule has 0 aliphatic carbocycles. The topological polar surface area (TPSA) is 12.5 Å². The molecule has 1 aromatic carbocycles. The maximum absolute atomic E-state index is 12.8. The van der Waals surface area contributed by atoms with E-state index in [-0.39, 0.29) is 6.10 Å². The third-order valence-electron chi connectivity index (χ3n) is 2.00. The first-order valence-corrected chi connectivity index (χ1v) is 3.97. The van der Waals surface area contributed by atoms with Gasteiger partial charge in [-0.1, -0.05) is 6.07 Å². The first-order valence-electron chi connectivity index (χ1n) is 3.97. The highest BCUT2D eigenvalue weighted by Gasteiger charge is 2.36. The van der Waals surface area contributed by atoms with Gasteiger partial charge in [-0.3, -0.25) is 0 Å². The molecule has 1 aromatic rings. The van der Waals surface area contributed by atoms with E-state index in [0.29, 0.717) is 12.2 Å². The van der Waals surface area contributed by atoms with Gasteiger partial charge in [-0.05, 0) is 17.7 Å². The molecule has 1 nitrogen and oxygen atoms in total. The molecule has 1 fully saturated rings. The van der Waals surface area contributed by atoms with Crippen LogP contribution in [0.5, 0.6) is 0 Å². The summed E-state index contributed by atoms with van der Waals surface area (Å²) in [7, 11) is 0. The number of hydrogen-bond acceptors (Lipinski definition) is 1. The van der Waals surface area contributed by atoms with E-state index in [9.17, 15) is 17.6 Å². The highest BCUT2D eigenvalue weighted by molar-refractivity contribution is 5.30. The van der Waals surface area contributed by atoms with Crippen LogP contribution in [0.3, 0.4) is 0 Å². The fourth-order valence-corrected chi connectivity index (χ4v) is 1.20. The van der Waals surface area contributed by atoms with Crippen LogP contribution in [0.15, 0.2) is 18.2 Å². The Bertz CT molecular complexity index is 354. The van der Waals surface area contributed by atoms with Crippen LogP contribution in [0.1, 0.15) is 17.2 Å². The van der Waals surface area contributed by atoms with Crippen molar-refractivity contribution < 1.29 is 22.3 Å². The van der Waals surface area contributed by atoms with Crippen molar-refractivity contribution in [2.24, 2.45) is 0 Å². The number of halogens is 4. The summed E-state index contributed by atoms with van der Waals surface area (Å²) in [6.07, 6.45) is -4.94. The lowest BCUT2D eigenvalue weighted by Crippen LogP contribution is -2.08. The number of benzene rings is 1. The lowest BCUT2D eigenvalue weighted by molar-refractivity contribution is -0.140. The minimum absolute atomic E-state index is 0.295. The number of epoxide rings is 1. The number of rotatable bonds is 1. The van der Waals surface area contributed by atoms with Gasteiger partial charge in [0.15, 0.2) is 0 Å². The molecule has 14 heavy (non-hydrogen) atoms. The van der Waals surface area contributed by atoms with Crippen LogP contribution in [0, 0.1) is 5.82 Å². The summed E-state index contributed by atoms with van der Waals surface area (Å²) in [6, 6.07) is 2.93. The van der Waals surface area contributed by atoms with Crippen LogP contribution in [0.2, 0.25) is 0 Å². The fraction of sp³-hybridized carbons (Fsp3) is 0.333. The van der Waals surface area contributed by atoms with Gasteiger partial charge >= 0.3 is 6.18 Å². The Morgan fingerprint density at radius 2 is 1.93 bits per heavy atom. The molecule has 0 N–H and O–H groups in total. The summed E-state index contributed by atoms with van der Waals surface area (Å²) >= 11 is 0. The maximum Gasteiger partial charge on any atom is 0.419 e. The highest BCUT2D eigenvalue weighted by Crippen LogP contribution is 2.36. The Hall–Kier alpha value is -1.10. The van der Waals surface area contributed by atoms with E-state index >= 15 is 0 Å². The molecule has 0 amide bonds. The molecule has 5 heteroatoms. The van der Waals surface area contributed by atoms with Gasteiger partial charge in [-0.15, -0.1) is 0 Å². The molecule has 1 aliphatic rings. The third kappa shape index (κ3) is 1.72. The Balaban J connectivity index is 2.41. The van der Waals surface area contributed by atoms with Gasteiger partial charge in [-0.25, -0.2) is 4.39 Å². The van der Waals surface area contributed by atoms with Crippen molar-refractivity contribution >= 4 is 0 Å². The van der Waals surface area contributed by atoms with Crippen LogP contribution >= 0.6 is 0 Å². The standard InChI is InChI=1S/C9H6F4O/c10-7-2-1-5(8-4-14-8)3-6(7)9(11,12)13/h1-3,8H,4H2. The zero-order valence-electron chi connectivity index (χ0n) is 6.94. The normalized spacial score (nSPS) is 21.0. The van der Waals surface area contributed by atoms with Gasteiger partial charge in [0.25, 0.3) is 0 Å². The molecule has 0 spiro atoms. The Kier molecular flexibility index (Phi) is 1.99. The van der Waals surface area contributed by atoms with Gasteiger partial charge in [0, 0.05) is 0 Å². The third-order valence-corrected chi connectivity index (χ3v) is 2.00. The minimum Gasteiger partial charge on any atom is -0.368 e. The molecule has 0 aromatic heterocycles. The fourth-order valence-electron chi connectivity index (χ4n) is 1.20. The largest absolute Gasteiger partial charge is 0.419 e. The second kappa shape index (κ2) is 2.95. The summed E-state index contributed by atoms with van der Waals surface area (Å²) in [6.45, 7) is 0.406. The van der Waals surface area contributed by atoms with Crippen LogP contribution in [-0.2, 0) is 10.9 Å². The summed E-state index contributed by atoms with van der Waals surface area (Å²) < 4.78 is 54.3. The average molecular weight is 206 g/mol. The molecule has 1 aliphatic heterocycles. The molecule has 2 rings (SSSR count). The van der Waals surface area contributed by atoms with E-state index in [0.717, 1.165) is 12.1 Å². The lowest BCUT2D eigenvalue weighted by Gasteiger charge is -2.08. The van der Waals surface area contributed by atoms with Crippen molar-refractivity contribution in [3.05, 3.63) is 35.1 Å². The van der Waals surface area contributed by atoms with Crippen molar-refractivity contribution in [3.63, 3.8) is 0 Å². The monoisotopic (exact) mass is 206 g/mol. The summed E-state index contributed by atoms with van der Waals surface area (Å²) in [4.78, 5) is 0. The van der Waals surface area contributed by atoms with Crippen LogP contribution < -0.4 is 0 Å². The number of hydrogen-bond donors (Lipinski definition) is 0. The van der Waals surface area contributed by atoms with Crippen molar-refractivity contribution in [3.8, 4) is 0 Å². The van der Waals surface area contributed by atoms with Crippen molar-refractivity contribution in [1.82, 2.24) is 0 Å². The molecule has 76 valence electrons. The predicted octanol–water partition coefficient (Wildman–Crippen LogP) is 2.92. The van der Waals surface area contributed by atoms with Gasteiger partial charge in [0.05, 0.1) is 12.2 Å².